The predicted octanol–water partition coefficient (Wildman–Crippen LogP) is 0.814. The van der Waals surface area contributed by atoms with Gasteiger partial charge in [-0.1, -0.05) is 0 Å². The Kier molecular flexibility index (Phi) is 5.38. The molecule has 6 nitrogen and oxygen atoms in total. The van der Waals surface area contributed by atoms with Gasteiger partial charge in [-0.15, -0.1) is 0 Å². The van der Waals surface area contributed by atoms with Gasteiger partial charge in [0.2, 0.25) is 0 Å². The molecule has 1 heterocycles. The predicted molar refractivity (Wildman–Crippen MR) is 71.6 cm³/mol. The molecule has 0 atom stereocenters. The minimum Gasteiger partial charge on any atom is -0.465 e. The molecule has 100 valence electrons. The van der Waals surface area contributed by atoms with Crippen molar-refractivity contribution in [3.8, 4) is 0 Å². The smallest absolute Gasteiger partial charge is 0.340 e. The molecule has 0 aliphatic rings. The third kappa shape index (κ3) is 4.21. The van der Waals surface area contributed by atoms with Gasteiger partial charge in [-0.05, 0) is 33.1 Å². The summed E-state index contributed by atoms with van der Waals surface area (Å²) in [6.07, 6.45) is 2.45. The number of rotatable bonds is 6. The molecule has 0 aliphatic heterocycles. The van der Waals surface area contributed by atoms with E-state index in [-0.39, 0.29) is 0 Å². The molecule has 1 aromatic heterocycles. The molecule has 0 saturated carbocycles. The molecule has 0 aromatic carbocycles. The minimum absolute atomic E-state index is 0.320. The van der Waals surface area contributed by atoms with Crippen LogP contribution in [-0.2, 0) is 4.74 Å². The highest BCUT2D eigenvalue weighted by Crippen LogP contribution is 2.15. The number of ether oxygens (including phenoxy) is 1. The third-order valence-electron chi connectivity index (χ3n) is 2.43. The lowest BCUT2D eigenvalue weighted by atomic mass is 10.2. The number of esters is 1. The van der Waals surface area contributed by atoms with Crippen LogP contribution in [0, 0.1) is 0 Å². The quantitative estimate of drug-likeness (QED) is 0.576. The van der Waals surface area contributed by atoms with E-state index in [1.54, 1.807) is 6.07 Å². The molecule has 0 saturated heterocycles. The van der Waals surface area contributed by atoms with Crippen LogP contribution in [0.1, 0.15) is 16.8 Å². The Morgan fingerprint density at radius 2 is 2.28 bits per heavy atom. The van der Waals surface area contributed by atoms with Crippen LogP contribution in [0.2, 0.25) is 0 Å². The standard InChI is InChI=1S/C12H20N4O2/c1-16(2)6-4-5-14-11-7-9(12(17)18-3)10(13)8-15-11/h7-8H,4-6,13H2,1-3H3,(H,14,15). The number of methoxy groups -OCH3 is 1. The van der Waals surface area contributed by atoms with Crippen molar-refractivity contribution in [1.82, 2.24) is 9.88 Å². The minimum atomic E-state index is -0.453. The first-order valence-corrected chi connectivity index (χ1v) is 5.77. The zero-order chi connectivity index (χ0) is 13.5. The summed E-state index contributed by atoms with van der Waals surface area (Å²) in [5.74, 6) is 0.176. The van der Waals surface area contributed by atoms with Crippen LogP contribution in [-0.4, -0.2) is 50.1 Å². The number of nitrogens with zero attached hydrogens (tertiary/aromatic N) is 2. The van der Waals surface area contributed by atoms with Crippen LogP contribution in [0.25, 0.3) is 0 Å². The number of hydrogen-bond donors (Lipinski definition) is 2. The van der Waals surface area contributed by atoms with Crippen molar-refractivity contribution in [2.45, 2.75) is 6.42 Å². The molecular weight excluding hydrogens is 232 g/mol. The molecule has 0 amide bonds. The summed E-state index contributed by atoms with van der Waals surface area (Å²) in [5.41, 5.74) is 6.32. The first kappa shape index (κ1) is 14.2. The van der Waals surface area contributed by atoms with Gasteiger partial charge in [0.05, 0.1) is 24.6 Å². The lowest BCUT2D eigenvalue weighted by Crippen LogP contribution is -2.17. The highest BCUT2D eigenvalue weighted by molar-refractivity contribution is 5.95. The Balaban J connectivity index is 2.59. The molecule has 1 aromatic rings. The van der Waals surface area contributed by atoms with Crippen LogP contribution in [0.4, 0.5) is 11.5 Å². The summed E-state index contributed by atoms with van der Waals surface area (Å²) in [6.45, 7) is 1.78. The molecule has 0 bridgehead atoms. The summed E-state index contributed by atoms with van der Waals surface area (Å²) in [6, 6.07) is 1.61. The second kappa shape index (κ2) is 6.80. The van der Waals surface area contributed by atoms with E-state index in [1.807, 2.05) is 14.1 Å². The van der Waals surface area contributed by atoms with E-state index in [4.69, 9.17) is 5.73 Å². The highest BCUT2D eigenvalue weighted by Gasteiger charge is 2.11. The van der Waals surface area contributed by atoms with E-state index < -0.39 is 5.97 Å². The maximum atomic E-state index is 11.4. The monoisotopic (exact) mass is 252 g/mol. The van der Waals surface area contributed by atoms with Crippen LogP contribution in [0.5, 0.6) is 0 Å². The lowest BCUT2D eigenvalue weighted by Gasteiger charge is -2.11. The zero-order valence-electron chi connectivity index (χ0n) is 11.1. The Labute approximate surface area is 107 Å². The average Bonchev–Trinajstić information content (AvgIpc) is 2.35. The summed E-state index contributed by atoms with van der Waals surface area (Å²) >= 11 is 0. The Hall–Kier alpha value is -1.82. The van der Waals surface area contributed by atoms with Gasteiger partial charge in [0.25, 0.3) is 0 Å². The molecule has 1 rings (SSSR count). The zero-order valence-corrected chi connectivity index (χ0v) is 11.1. The summed E-state index contributed by atoms with van der Waals surface area (Å²) in [4.78, 5) is 17.7. The molecule has 6 heteroatoms. The SMILES string of the molecule is COC(=O)c1cc(NCCCN(C)C)ncc1N. The number of nitrogen functional groups attached to an aromatic ring is 1. The molecular formula is C12H20N4O2. The fraction of sp³-hybridized carbons (Fsp3) is 0.500. The van der Waals surface area contributed by atoms with E-state index in [0.29, 0.717) is 17.1 Å². The number of nitrogens with one attached hydrogen (secondary N) is 1. The van der Waals surface area contributed by atoms with Crippen molar-refractivity contribution in [2.75, 3.05) is 45.3 Å². The van der Waals surface area contributed by atoms with Crippen molar-refractivity contribution >= 4 is 17.5 Å². The van der Waals surface area contributed by atoms with Crippen molar-refractivity contribution in [2.24, 2.45) is 0 Å². The maximum Gasteiger partial charge on any atom is 0.340 e. The number of pyridine rings is 1. The van der Waals surface area contributed by atoms with Crippen LogP contribution in [0.3, 0.4) is 0 Å². The summed E-state index contributed by atoms with van der Waals surface area (Å²) in [7, 11) is 5.38. The van der Waals surface area contributed by atoms with Gasteiger partial charge >= 0.3 is 5.97 Å². The highest BCUT2D eigenvalue weighted by atomic mass is 16.5. The van der Waals surface area contributed by atoms with Crippen molar-refractivity contribution in [3.63, 3.8) is 0 Å². The molecule has 0 aliphatic carbocycles. The Morgan fingerprint density at radius 1 is 1.56 bits per heavy atom. The lowest BCUT2D eigenvalue weighted by molar-refractivity contribution is 0.0602. The van der Waals surface area contributed by atoms with Crippen LogP contribution in [0.15, 0.2) is 12.3 Å². The molecule has 0 radical (unpaired) electrons. The number of nitrogens with two attached hydrogens (primary N) is 1. The van der Waals surface area contributed by atoms with Gasteiger partial charge in [0.1, 0.15) is 5.82 Å². The Bertz CT molecular complexity index is 407. The third-order valence-corrected chi connectivity index (χ3v) is 2.43. The fourth-order valence-electron chi connectivity index (χ4n) is 1.46. The number of carbonyl (C=O) groups excluding carboxylic acids is 1. The van der Waals surface area contributed by atoms with Crippen molar-refractivity contribution in [1.29, 1.82) is 0 Å². The van der Waals surface area contributed by atoms with E-state index in [0.717, 1.165) is 19.5 Å². The van der Waals surface area contributed by atoms with E-state index >= 15 is 0 Å². The molecule has 18 heavy (non-hydrogen) atoms. The second-order valence-corrected chi connectivity index (χ2v) is 4.23. The number of anilines is 2. The maximum absolute atomic E-state index is 11.4. The number of hydrogen-bond acceptors (Lipinski definition) is 6. The molecule has 0 spiro atoms. The average molecular weight is 252 g/mol. The second-order valence-electron chi connectivity index (χ2n) is 4.23. The number of aromatic nitrogens is 1. The van der Waals surface area contributed by atoms with Crippen LogP contribution < -0.4 is 11.1 Å². The first-order valence-electron chi connectivity index (χ1n) is 5.77. The molecule has 3 N–H and O–H groups in total. The molecule has 0 fully saturated rings. The molecule has 0 unspecified atom stereocenters. The van der Waals surface area contributed by atoms with Gasteiger partial charge < -0.3 is 20.7 Å². The Morgan fingerprint density at radius 3 is 2.89 bits per heavy atom. The largest absolute Gasteiger partial charge is 0.465 e. The number of carbonyl (C=O) groups is 1. The van der Waals surface area contributed by atoms with Crippen molar-refractivity contribution in [3.05, 3.63) is 17.8 Å². The summed E-state index contributed by atoms with van der Waals surface area (Å²) in [5, 5.41) is 3.15. The van der Waals surface area contributed by atoms with Crippen molar-refractivity contribution < 1.29 is 9.53 Å². The van der Waals surface area contributed by atoms with Gasteiger partial charge in [0.15, 0.2) is 0 Å². The van der Waals surface area contributed by atoms with Gasteiger partial charge in [-0.25, -0.2) is 9.78 Å². The normalized spacial score (nSPS) is 10.4. The van der Waals surface area contributed by atoms with Gasteiger partial charge in [-0.3, -0.25) is 0 Å². The van der Waals surface area contributed by atoms with E-state index in [1.165, 1.54) is 13.3 Å². The summed E-state index contributed by atoms with van der Waals surface area (Å²) < 4.78 is 4.65. The fourth-order valence-corrected chi connectivity index (χ4v) is 1.46. The van der Waals surface area contributed by atoms with E-state index in [9.17, 15) is 4.79 Å². The van der Waals surface area contributed by atoms with E-state index in [2.05, 4.69) is 19.9 Å². The van der Waals surface area contributed by atoms with Gasteiger partial charge in [-0.2, -0.15) is 0 Å². The first-order chi connectivity index (χ1) is 8.54. The van der Waals surface area contributed by atoms with Crippen LogP contribution >= 0.6 is 0 Å². The van der Waals surface area contributed by atoms with Gasteiger partial charge in [0, 0.05) is 6.54 Å². The topological polar surface area (TPSA) is 80.5 Å².